The number of hydrogen-bond acceptors (Lipinski definition) is 9. The van der Waals surface area contributed by atoms with E-state index in [-0.39, 0.29) is 42.7 Å². The average Bonchev–Trinajstić information content (AvgIpc) is 2.51. The molecule has 152 valence electrons. The van der Waals surface area contributed by atoms with Crippen molar-refractivity contribution < 1.29 is 14.3 Å². The van der Waals surface area contributed by atoms with Crippen LogP contribution in [-0.4, -0.2) is 57.2 Å². The van der Waals surface area contributed by atoms with Crippen LogP contribution in [-0.2, 0) is 14.3 Å². The fourth-order valence-corrected chi connectivity index (χ4v) is 3.17. The van der Waals surface area contributed by atoms with Crippen LogP contribution < -0.4 is 10.2 Å². The Morgan fingerprint density at radius 2 is 1.70 bits per heavy atom. The molecular formula is C18H31N5O3S. The Kier molecular flexibility index (Phi) is 9.48. The molecule has 8 nitrogen and oxygen atoms in total. The van der Waals surface area contributed by atoms with Gasteiger partial charge < -0.3 is 15.0 Å². The highest BCUT2D eigenvalue weighted by Gasteiger charge is 2.20. The number of rotatable bonds is 11. The summed E-state index contributed by atoms with van der Waals surface area (Å²) in [7, 11) is 0. The number of aromatic nitrogens is 3. The van der Waals surface area contributed by atoms with Crippen LogP contribution in [0.1, 0.15) is 54.9 Å². The number of hydrogen-bond donors (Lipinski definition) is 1. The van der Waals surface area contributed by atoms with Crippen molar-refractivity contribution in [2.75, 3.05) is 22.6 Å². The van der Waals surface area contributed by atoms with Gasteiger partial charge >= 0.3 is 5.97 Å². The van der Waals surface area contributed by atoms with Crippen LogP contribution >= 0.6 is 11.8 Å². The molecule has 0 bridgehead atoms. The second kappa shape index (κ2) is 11.1. The van der Waals surface area contributed by atoms with E-state index < -0.39 is 5.97 Å². The van der Waals surface area contributed by atoms with Gasteiger partial charge in [-0.15, -0.1) is 0 Å². The van der Waals surface area contributed by atoms with Crippen molar-refractivity contribution in [3.8, 4) is 0 Å². The Morgan fingerprint density at radius 3 is 2.22 bits per heavy atom. The van der Waals surface area contributed by atoms with Gasteiger partial charge in [-0.2, -0.15) is 15.0 Å². The molecular weight excluding hydrogens is 366 g/mol. The number of carbonyl (C=O) groups excluding carboxylic acids is 2. The van der Waals surface area contributed by atoms with Crippen LogP contribution in [0.3, 0.4) is 0 Å². The first-order chi connectivity index (χ1) is 12.6. The molecule has 0 aliphatic carbocycles. The van der Waals surface area contributed by atoms with Gasteiger partial charge in [0.2, 0.25) is 11.9 Å². The van der Waals surface area contributed by atoms with Gasteiger partial charge in [0, 0.05) is 18.1 Å². The number of ether oxygens (including phenoxy) is 1. The first kappa shape index (κ1) is 23.1. The van der Waals surface area contributed by atoms with Gasteiger partial charge in [0.15, 0.2) is 10.9 Å². The van der Waals surface area contributed by atoms with Crippen molar-refractivity contribution in [1.29, 1.82) is 0 Å². The van der Waals surface area contributed by atoms with Gasteiger partial charge in [-0.25, -0.2) is 0 Å². The largest absolute Gasteiger partial charge is 0.466 e. The summed E-state index contributed by atoms with van der Waals surface area (Å²) >= 11 is 1.20. The van der Waals surface area contributed by atoms with E-state index >= 15 is 0 Å². The predicted octanol–water partition coefficient (Wildman–Crippen LogP) is 2.93. The maximum Gasteiger partial charge on any atom is 0.313 e. The average molecular weight is 398 g/mol. The zero-order chi connectivity index (χ0) is 20.6. The summed E-state index contributed by atoms with van der Waals surface area (Å²) in [6.07, 6.45) is -0.236. The first-order valence-corrected chi connectivity index (χ1v) is 10.2. The molecule has 27 heavy (non-hydrogen) atoms. The predicted molar refractivity (Wildman–Crippen MR) is 108 cm³/mol. The zero-order valence-electron chi connectivity index (χ0n) is 17.3. The Morgan fingerprint density at radius 1 is 1.07 bits per heavy atom. The van der Waals surface area contributed by atoms with Crippen molar-refractivity contribution >= 4 is 35.4 Å². The second-order valence-electron chi connectivity index (χ2n) is 6.94. The number of thioether (sulfide) groups is 1. The number of anilines is 2. The summed E-state index contributed by atoms with van der Waals surface area (Å²) in [5, 5.41) is 3.64. The number of ketones is 1. The van der Waals surface area contributed by atoms with Gasteiger partial charge in [-0.05, 0) is 48.5 Å². The molecule has 1 N–H and O–H groups in total. The third-order valence-electron chi connectivity index (χ3n) is 3.37. The Hall–Kier alpha value is -1.90. The van der Waals surface area contributed by atoms with Crippen molar-refractivity contribution in [3.63, 3.8) is 0 Å². The Bertz CT molecular complexity index is 629. The van der Waals surface area contributed by atoms with E-state index in [0.717, 1.165) is 0 Å². The lowest BCUT2D eigenvalue weighted by molar-refractivity contribution is -0.145. The minimum atomic E-state index is -0.507. The smallest absolute Gasteiger partial charge is 0.313 e. The number of Topliss-reactive ketones (excluding diaryl/α,β-unsaturated/α-hetero) is 1. The van der Waals surface area contributed by atoms with Crippen LogP contribution in [0, 0.1) is 0 Å². The van der Waals surface area contributed by atoms with E-state index in [0.29, 0.717) is 17.1 Å². The topological polar surface area (TPSA) is 97.3 Å². The van der Waals surface area contributed by atoms with Crippen molar-refractivity contribution in [1.82, 2.24) is 15.0 Å². The lowest BCUT2D eigenvalue weighted by Crippen LogP contribution is -2.38. The van der Waals surface area contributed by atoms with Gasteiger partial charge in [0.1, 0.15) is 6.42 Å². The van der Waals surface area contributed by atoms with Crippen LogP contribution in [0.15, 0.2) is 5.16 Å². The summed E-state index contributed by atoms with van der Waals surface area (Å²) in [5.41, 5.74) is 0. The van der Waals surface area contributed by atoms with Crippen molar-refractivity contribution in [3.05, 3.63) is 0 Å². The molecule has 0 aliphatic rings. The standard InChI is InChI=1S/C18H31N5O3S/c1-8-26-15(25)9-14(24)10-27-18-21-16(19-11(2)3)20-17(22-18)23(12(4)5)13(6)7/h11-13H,8-10H2,1-7H3,(H,19,20,21,22). The van der Waals surface area contributed by atoms with Crippen molar-refractivity contribution in [2.45, 2.75) is 78.2 Å². The highest BCUT2D eigenvalue weighted by atomic mass is 32.2. The van der Waals surface area contributed by atoms with Crippen LogP contribution in [0.5, 0.6) is 0 Å². The maximum atomic E-state index is 12.0. The summed E-state index contributed by atoms with van der Waals surface area (Å²) in [6.45, 7) is 14.3. The van der Waals surface area contributed by atoms with Gasteiger partial charge in [-0.1, -0.05) is 11.8 Å². The van der Waals surface area contributed by atoms with Gasteiger partial charge in [0.25, 0.3) is 0 Å². The molecule has 1 aromatic rings. The van der Waals surface area contributed by atoms with E-state index in [1.54, 1.807) is 6.92 Å². The van der Waals surface area contributed by atoms with Crippen molar-refractivity contribution in [2.24, 2.45) is 0 Å². The SMILES string of the molecule is CCOC(=O)CC(=O)CSc1nc(NC(C)C)nc(N(C(C)C)C(C)C)n1. The second-order valence-corrected chi connectivity index (χ2v) is 7.89. The molecule has 0 unspecified atom stereocenters. The molecule has 0 fully saturated rings. The number of nitrogens with zero attached hydrogens (tertiary/aromatic N) is 4. The lowest BCUT2D eigenvalue weighted by atomic mass is 10.2. The lowest BCUT2D eigenvalue weighted by Gasteiger charge is -2.31. The van der Waals surface area contributed by atoms with E-state index in [1.165, 1.54) is 11.8 Å². The summed E-state index contributed by atoms with van der Waals surface area (Å²) < 4.78 is 4.80. The van der Waals surface area contributed by atoms with Crippen LogP contribution in [0.25, 0.3) is 0 Å². The molecule has 0 radical (unpaired) electrons. The summed E-state index contributed by atoms with van der Waals surface area (Å²) in [5.74, 6) is 0.420. The minimum absolute atomic E-state index is 0.104. The minimum Gasteiger partial charge on any atom is -0.466 e. The molecule has 0 spiro atoms. The van der Waals surface area contributed by atoms with E-state index in [2.05, 4.69) is 52.9 Å². The fourth-order valence-electron chi connectivity index (χ4n) is 2.48. The first-order valence-electron chi connectivity index (χ1n) is 9.25. The molecule has 0 aliphatic heterocycles. The molecule has 1 aromatic heterocycles. The molecule has 9 heteroatoms. The molecule has 0 aromatic carbocycles. The molecule has 0 amide bonds. The van der Waals surface area contributed by atoms with Gasteiger partial charge in [0.05, 0.1) is 12.4 Å². The highest BCUT2D eigenvalue weighted by molar-refractivity contribution is 7.99. The Labute approximate surface area is 165 Å². The zero-order valence-corrected chi connectivity index (χ0v) is 18.1. The normalized spacial score (nSPS) is 11.2. The van der Waals surface area contributed by atoms with E-state index in [1.807, 2.05) is 13.8 Å². The highest BCUT2D eigenvalue weighted by Crippen LogP contribution is 2.22. The third-order valence-corrected chi connectivity index (χ3v) is 4.28. The summed E-state index contributed by atoms with van der Waals surface area (Å²) in [4.78, 5) is 39.0. The third kappa shape index (κ3) is 8.11. The number of carbonyl (C=O) groups is 2. The monoisotopic (exact) mass is 397 g/mol. The quantitative estimate of drug-likeness (QED) is 0.343. The molecule has 1 heterocycles. The number of esters is 1. The van der Waals surface area contributed by atoms with Crippen LogP contribution in [0.2, 0.25) is 0 Å². The number of nitrogens with one attached hydrogen (secondary N) is 1. The van der Waals surface area contributed by atoms with Gasteiger partial charge in [-0.3, -0.25) is 9.59 Å². The summed E-state index contributed by atoms with van der Waals surface area (Å²) in [6, 6.07) is 0.584. The Balaban J connectivity index is 2.99. The van der Waals surface area contributed by atoms with E-state index in [4.69, 9.17) is 4.74 Å². The molecule has 0 saturated carbocycles. The molecule has 0 saturated heterocycles. The van der Waals surface area contributed by atoms with E-state index in [9.17, 15) is 9.59 Å². The van der Waals surface area contributed by atoms with Crippen LogP contribution in [0.4, 0.5) is 11.9 Å². The molecule has 1 rings (SSSR count). The fraction of sp³-hybridized carbons (Fsp3) is 0.722. The maximum absolute atomic E-state index is 12.0. The molecule has 0 atom stereocenters.